The normalized spacial score (nSPS) is 21.2. The summed E-state index contributed by atoms with van der Waals surface area (Å²) < 4.78 is 0. The van der Waals surface area contributed by atoms with E-state index in [2.05, 4.69) is 99.6 Å². The van der Waals surface area contributed by atoms with Gasteiger partial charge in [-0.1, -0.05) is 99.6 Å². The van der Waals surface area contributed by atoms with Crippen molar-refractivity contribution >= 4 is 21.5 Å². The molecule has 1 atom stereocenters. The topological polar surface area (TPSA) is 0 Å². The van der Waals surface area contributed by atoms with Crippen molar-refractivity contribution in [3.05, 3.63) is 95.6 Å². The molecule has 1 aliphatic rings. The predicted octanol–water partition coefficient (Wildman–Crippen LogP) is 6.98. The zero-order valence-corrected chi connectivity index (χ0v) is 15.7. The largest absolute Gasteiger partial charge is 0.0616 e. The van der Waals surface area contributed by atoms with E-state index in [9.17, 15) is 0 Å². The Morgan fingerprint density at radius 3 is 2.12 bits per heavy atom. The fourth-order valence-electron chi connectivity index (χ4n) is 5.28. The highest BCUT2D eigenvalue weighted by Gasteiger charge is 2.46. The van der Waals surface area contributed by atoms with Gasteiger partial charge in [-0.05, 0) is 50.1 Å². The van der Waals surface area contributed by atoms with E-state index < -0.39 is 0 Å². The average molecular weight is 336 g/mol. The number of fused-ring (bicyclic) bond motifs is 4. The molecule has 0 aromatic heterocycles. The van der Waals surface area contributed by atoms with Crippen molar-refractivity contribution in [2.75, 3.05) is 0 Å². The summed E-state index contributed by atoms with van der Waals surface area (Å²) in [6, 6.07) is 29.2. The van der Waals surface area contributed by atoms with Gasteiger partial charge >= 0.3 is 0 Å². The first-order chi connectivity index (χ1) is 12.5. The van der Waals surface area contributed by atoms with Crippen LogP contribution in [-0.4, -0.2) is 0 Å². The van der Waals surface area contributed by atoms with E-state index in [0.29, 0.717) is 0 Å². The molecule has 0 radical (unpaired) electrons. The highest BCUT2D eigenvalue weighted by atomic mass is 14.5. The molecule has 0 amide bonds. The lowest BCUT2D eigenvalue weighted by molar-refractivity contribution is 0.426. The second kappa shape index (κ2) is 5.20. The van der Waals surface area contributed by atoms with Crippen LogP contribution in [0.4, 0.5) is 0 Å². The van der Waals surface area contributed by atoms with Crippen LogP contribution in [-0.2, 0) is 10.8 Å². The molecule has 0 heterocycles. The van der Waals surface area contributed by atoms with E-state index in [1.165, 1.54) is 38.2 Å². The predicted molar refractivity (Wildman–Crippen MR) is 112 cm³/mol. The summed E-state index contributed by atoms with van der Waals surface area (Å²) >= 11 is 0. The molecule has 0 spiro atoms. The van der Waals surface area contributed by atoms with Gasteiger partial charge in [0.25, 0.3) is 0 Å². The molecular weight excluding hydrogens is 312 g/mol. The van der Waals surface area contributed by atoms with Crippen molar-refractivity contribution in [2.45, 2.75) is 38.0 Å². The zero-order chi connectivity index (χ0) is 17.9. The molecule has 0 aliphatic heterocycles. The lowest BCUT2D eigenvalue weighted by Crippen LogP contribution is -2.23. The molecule has 0 heteroatoms. The summed E-state index contributed by atoms with van der Waals surface area (Å²) in [6.45, 7) is 7.23. The highest BCUT2D eigenvalue weighted by molar-refractivity contribution is 5.90. The minimum atomic E-state index is 0.0315. The van der Waals surface area contributed by atoms with Gasteiger partial charge in [-0.3, -0.25) is 0 Å². The van der Waals surface area contributed by atoms with Crippen LogP contribution in [0.25, 0.3) is 21.5 Å². The van der Waals surface area contributed by atoms with Gasteiger partial charge in [0.15, 0.2) is 0 Å². The fourth-order valence-corrected chi connectivity index (χ4v) is 5.28. The third kappa shape index (κ3) is 2.08. The molecule has 0 fully saturated rings. The molecule has 4 aromatic carbocycles. The molecule has 5 rings (SSSR count). The SMILES string of the molecule is CC1(C)C[C@@](C)(c2ccc3ccccc3c2)c2c1ccc1ccccc21. The van der Waals surface area contributed by atoms with Crippen LogP contribution in [0.3, 0.4) is 0 Å². The maximum Gasteiger partial charge on any atom is 0.0192 e. The van der Waals surface area contributed by atoms with Crippen LogP contribution >= 0.6 is 0 Å². The first-order valence-corrected chi connectivity index (χ1v) is 9.51. The Balaban J connectivity index is 1.83. The number of rotatable bonds is 1. The second-order valence-corrected chi connectivity index (χ2v) is 8.66. The Hall–Kier alpha value is -2.60. The van der Waals surface area contributed by atoms with E-state index in [4.69, 9.17) is 0 Å². The first kappa shape index (κ1) is 15.6. The molecule has 0 nitrogen and oxygen atoms in total. The minimum Gasteiger partial charge on any atom is -0.0616 e. The van der Waals surface area contributed by atoms with Crippen LogP contribution in [0, 0.1) is 0 Å². The summed E-state index contributed by atoms with van der Waals surface area (Å²) in [5.74, 6) is 0. The van der Waals surface area contributed by atoms with E-state index in [0.717, 1.165) is 6.42 Å². The molecule has 4 aromatic rings. The maximum absolute atomic E-state index is 2.44. The number of hydrogen-bond acceptors (Lipinski definition) is 0. The first-order valence-electron chi connectivity index (χ1n) is 9.51. The minimum absolute atomic E-state index is 0.0315. The molecular formula is C26H24. The van der Waals surface area contributed by atoms with Gasteiger partial charge in [0.2, 0.25) is 0 Å². The van der Waals surface area contributed by atoms with E-state index in [-0.39, 0.29) is 10.8 Å². The fraction of sp³-hybridized carbons (Fsp3) is 0.231. The van der Waals surface area contributed by atoms with E-state index in [1.807, 2.05) is 0 Å². The molecule has 128 valence electrons. The van der Waals surface area contributed by atoms with Crippen LogP contribution in [0.2, 0.25) is 0 Å². The quantitative estimate of drug-likeness (QED) is 0.352. The third-order valence-electron chi connectivity index (χ3n) is 6.39. The number of hydrogen-bond donors (Lipinski definition) is 0. The van der Waals surface area contributed by atoms with Crippen molar-refractivity contribution in [2.24, 2.45) is 0 Å². The Morgan fingerprint density at radius 2 is 1.31 bits per heavy atom. The summed E-state index contributed by atoms with van der Waals surface area (Å²) in [6.07, 6.45) is 1.14. The van der Waals surface area contributed by atoms with Crippen molar-refractivity contribution in [3.63, 3.8) is 0 Å². The van der Waals surface area contributed by atoms with Crippen LogP contribution < -0.4 is 0 Å². The summed E-state index contributed by atoms with van der Waals surface area (Å²) in [5.41, 5.74) is 4.67. The molecule has 1 aliphatic carbocycles. The summed E-state index contributed by atoms with van der Waals surface area (Å²) in [5, 5.41) is 5.40. The Morgan fingerprint density at radius 1 is 0.654 bits per heavy atom. The molecule has 0 N–H and O–H groups in total. The molecule has 0 saturated heterocycles. The highest BCUT2D eigenvalue weighted by Crippen LogP contribution is 2.55. The van der Waals surface area contributed by atoms with Crippen LogP contribution in [0.5, 0.6) is 0 Å². The molecule has 0 bridgehead atoms. The van der Waals surface area contributed by atoms with Crippen LogP contribution in [0.1, 0.15) is 43.9 Å². The van der Waals surface area contributed by atoms with Crippen molar-refractivity contribution < 1.29 is 0 Å². The standard InChI is InChI=1S/C26H24/c1-25(2)17-26(3,21-14-12-18-8-4-5-10-20(18)16-21)24-22-11-7-6-9-19(22)13-15-23(24)25/h4-16H,17H2,1-3H3/t26-/m0/s1. The van der Waals surface area contributed by atoms with Gasteiger partial charge in [0.05, 0.1) is 0 Å². The van der Waals surface area contributed by atoms with Crippen LogP contribution in [0.15, 0.2) is 78.9 Å². The monoisotopic (exact) mass is 336 g/mol. The van der Waals surface area contributed by atoms with Gasteiger partial charge in [0, 0.05) is 5.41 Å². The Labute approximate surface area is 155 Å². The third-order valence-corrected chi connectivity index (χ3v) is 6.39. The van der Waals surface area contributed by atoms with Crippen molar-refractivity contribution in [3.8, 4) is 0 Å². The molecule has 26 heavy (non-hydrogen) atoms. The summed E-state index contributed by atoms with van der Waals surface area (Å²) in [4.78, 5) is 0. The van der Waals surface area contributed by atoms with E-state index in [1.54, 1.807) is 0 Å². The Bertz CT molecular complexity index is 1150. The van der Waals surface area contributed by atoms with Gasteiger partial charge in [-0.25, -0.2) is 0 Å². The molecule has 0 saturated carbocycles. The Kier molecular flexibility index (Phi) is 3.13. The second-order valence-electron chi connectivity index (χ2n) is 8.66. The van der Waals surface area contributed by atoms with Gasteiger partial charge < -0.3 is 0 Å². The lowest BCUT2D eigenvalue weighted by Gasteiger charge is -2.29. The maximum atomic E-state index is 2.44. The van der Waals surface area contributed by atoms with Gasteiger partial charge in [-0.2, -0.15) is 0 Å². The average Bonchev–Trinajstić information content (AvgIpc) is 2.88. The van der Waals surface area contributed by atoms with Gasteiger partial charge in [0.1, 0.15) is 0 Å². The summed E-state index contributed by atoms with van der Waals surface area (Å²) in [7, 11) is 0. The number of benzene rings is 4. The van der Waals surface area contributed by atoms with Crippen molar-refractivity contribution in [1.82, 2.24) is 0 Å². The smallest absolute Gasteiger partial charge is 0.0192 e. The molecule has 0 unspecified atom stereocenters. The van der Waals surface area contributed by atoms with Crippen molar-refractivity contribution in [1.29, 1.82) is 0 Å². The zero-order valence-electron chi connectivity index (χ0n) is 15.7. The van der Waals surface area contributed by atoms with Gasteiger partial charge in [-0.15, -0.1) is 0 Å². The lowest BCUT2D eigenvalue weighted by atomic mass is 9.74. The van der Waals surface area contributed by atoms with E-state index >= 15 is 0 Å².